The summed E-state index contributed by atoms with van der Waals surface area (Å²) in [6, 6.07) is 14.6. The van der Waals surface area contributed by atoms with E-state index < -0.39 is 0 Å². The number of para-hydroxylation sites is 1. The van der Waals surface area contributed by atoms with Gasteiger partial charge in [-0.3, -0.25) is 9.59 Å². The SMILES string of the molecule is CCNC(=O)COc1ccc(NC(=O)/C=C/c2c(CC)oc3ccccc23)cc1. The van der Waals surface area contributed by atoms with E-state index in [0.717, 1.165) is 28.7 Å². The molecule has 3 rings (SSSR count). The normalized spacial score (nSPS) is 11.0. The topological polar surface area (TPSA) is 80.6 Å². The first-order valence-corrected chi connectivity index (χ1v) is 9.59. The molecule has 0 aliphatic carbocycles. The molecule has 0 unspecified atom stereocenters. The molecule has 2 N–H and O–H groups in total. The zero-order valence-corrected chi connectivity index (χ0v) is 16.5. The lowest BCUT2D eigenvalue weighted by Crippen LogP contribution is -2.28. The van der Waals surface area contributed by atoms with Gasteiger partial charge in [0.15, 0.2) is 6.61 Å². The number of anilines is 1. The van der Waals surface area contributed by atoms with Crippen molar-refractivity contribution in [3.8, 4) is 5.75 Å². The molecule has 0 aliphatic rings. The highest BCUT2D eigenvalue weighted by Gasteiger charge is 2.10. The van der Waals surface area contributed by atoms with Gasteiger partial charge in [-0.15, -0.1) is 0 Å². The number of amides is 2. The molecule has 0 saturated carbocycles. The minimum Gasteiger partial charge on any atom is -0.484 e. The van der Waals surface area contributed by atoms with Crippen LogP contribution in [-0.2, 0) is 16.0 Å². The van der Waals surface area contributed by atoms with Crippen LogP contribution in [0.25, 0.3) is 17.0 Å². The molecule has 0 atom stereocenters. The number of aryl methyl sites for hydroxylation is 1. The standard InChI is InChI=1S/C23H24N2O4/c1-3-20-19(18-7-5-6-8-21(18)29-20)13-14-22(26)25-16-9-11-17(12-10-16)28-15-23(27)24-4-2/h5-14H,3-4,15H2,1-2H3,(H,24,27)(H,25,26)/b14-13+. The maximum absolute atomic E-state index is 12.3. The van der Waals surface area contributed by atoms with Gasteiger partial charge in [0.1, 0.15) is 17.1 Å². The van der Waals surface area contributed by atoms with E-state index >= 15 is 0 Å². The van der Waals surface area contributed by atoms with E-state index in [4.69, 9.17) is 9.15 Å². The van der Waals surface area contributed by atoms with E-state index in [1.54, 1.807) is 30.3 Å². The minimum absolute atomic E-state index is 0.0410. The van der Waals surface area contributed by atoms with Crippen LogP contribution in [0.15, 0.2) is 59.0 Å². The Hall–Kier alpha value is -3.54. The zero-order valence-electron chi connectivity index (χ0n) is 16.5. The number of rotatable bonds is 8. The summed E-state index contributed by atoms with van der Waals surface area (Å²) in [5.74, 6) is 0.993. The first-order valence-electron chi connectivity index (χ1n) is 9.59. The molecule has 1 heterocycles. The summed E-state index contributed by atoms with van der Waals surface area (Å²) in [6.45, 7) is 4.39. The van der Waals surface area contributed by atoms with Crippen LogP contribution in [0.1, 0.15) is 25.2 Å². The van der Waals surface area contributed by atoms with Gasteiger partial charge in [0, 0.05) is 35.7 Å². The number of hydrogen-bond acceptors (Lipinski definition) is 4. The Bertz CT molecular complexity index is 1020. The van der Waals surface area contributed by atoms with Gasteiger partial charge in [-0.05, 0) is 43.3 Å². The fourth-order valence-electron chi connectivity index (χ4n) is 2.94. The van der Waals surface area contributed by atoms with Gasteiger partial charge < -0.3 is 19.8 Å². The largest absolute Gasteiger partial charge is 0.484 e. The van der Waals surface area contributed by atoms with Gasteiger partial charge in [0.2, 0.25) is 5.91 Å². The highest BCUT2D eigenvalue weighted by molar-refractivity contribution is 6.03. The second kappa shape index (κ2) is 9.59. The summed E-state index contributed by atoms with van der Waals surface area (Å²) in [4.78, 5) is 23.7. The van der Waals surface area contributed by atoms with Gasteiger partial charge >= 0.3 is 0 Å². The van der Waals surface area contributed by atoms with Crippen LogP contribution < -0.4 is 15.4 Å². The Morgan fingerprint density at radius 2 is 1.83 bits per heavy atom. The third kappa shape index (κ3) is 5.25. The van der Waals surface area contributed by atoms with Crippen LogP contribution in [0.4, 0.5) is 5.69 Å². The number of carbonyl (C=O) groups is 2. The van der Waals surface area contributed by atoms with Crippen molar-refractivity contribution in [3.05, 3.63) is 65.9 Å². The quantitative estimate of drug-likeness (QED) is 0.564. The van der Waals surface area contributed by atoms with E-state index in [-0.39, 0.29) is 18.4 Å². The Labute approximate surface area is 169 Å². The number of hydrogen-bond donors (Lipinski definition) is 2. The zero-order chi connectivity index (χ0) is 20.6. The lowest BCUT2D eigenvalue weighted by molar-refractivity contribution is -0.123. The minimum atomic E-state index is -0.242. The fraction of sp³-hybridized carbons (Fsp3) is 0.217. The number of nitrogens with one attached hydrogen (secondary N) is 2. The van der Waals surface area contributed by atoms with E-state index in [1.165, 1.54) is 6.08 Å². The molecule has 0 spiro atoms. The monoisotopic (exact) mass is 392 g/mol. The van der Waals surface area contributed by atoms with Crippen molar-refractivity contribution < 1.29 is 18.7 Å². The van der Waals surface area contributed by atoms with Crippen molar-refractivity contribution in [2.45, 2.75) is 20.3 Å². The van der Waals surface area contributed by atoms with Crippen LogP contribution in [0, 0.1) is 0 Å². The molecule has 0 bridgehead atoms. The average Bonchev–Trinajstić information content (AvgIpc) is 3.10. The van der Waals surface area contributed by atoms with E-state index in [2.05, 4.69) is 10.6 Å². The summed E-state index contributed by atoms with van der Waals surface area (Å²) in [7, 11) is 0. The van der Waals surface area contributed by atoms with Crippen LogP contribution in [-0.4, -0.2) is 25.0 Å². The molecule has 0 fully saturated rings. The number of fused-ring (bicyclic) bond motifs is 1. The average molecular weight is 392 g/mol. The van der Waals surface area contributed by atoms with Crippen molar-refractivity contribution >= 4 is 34.5 Å². The molecule has 0 aliphatic heterocycles. The number of likely N-dealkylation sites (N-methyl/N-ethyl adjacent to an activating group) is 1. The maximum Gasteiger partial charge on any atom is 0.257 e. The highest BCUT2D eigenvalue weighted by Crippen LogP contribution is 2.27. The predicted octanol–water partition coefficient (Wildman–Crippen LogP) is 4.16. The van der Waals surface area contributed by atoms with Crippen molar-refractivity contribution in [1.82, 2.24) is 5.32 Å². The van der Waals surface area contributed by atoms with Crippen molar-refractivity contribution in [3.63, 3.8) is 0 Å². The second-order valence-electron chi connectivity index (χ2n) is 6.38. The Morgan fingerprint density at radius 1 is 1.07 bits per heavy atom. The smallest absolute Gasteiger partial charge is 0.257 e. The van der Waals surface area contributed by atoms with E-state index in [0.29, 0.717) is 18.0 Å². The lowest BCUT2D eigenvalue weighted by atomic mass is 10.1. The molecular weight excluding hydrogens is 368 g/mol. The van der Waals surface area contributed by atoms with Crippen LogP contribution in [0.5, 0.6) is 5.75 Å². The van der Waals surface area contributed by atoms with Gasteiger partial charge in [0.25, 0.3) is 5.91 Å². The molecule has 0 radical (unpaired) electrons. The number of furan rings is 1. The summed E-state index contributed by atoms with van der Waals surface area (Å²) >= 11 is 0. The molecule has 150 valence electrons. The van der Waals surface area contributed by atoms with Gasteiger partial charge in [-0.1, -0.05) is 25.1 Å². The first kappa shape index (κ1) is 20.2. The third-order valence-corrected chi connectivity index (χ3v) is 4.30. The Balaban J connectivity index is 1.62. The van der Waals surface area contributed by atoms with Crippen LogP contribution >= 0.6 is 0 Å². The van der Waals surface area contributed by atoms with Gasteiger partial charge in [-0.25, -0.2) is 0 Å². The Kier molecular flexibility index (Phi) is 6.68. The van der Waals surface area contributed by atoms with Crippen molar-refractivity contribution in [2.75, 3.05) is 18.5 Å². The molecule has 2 amide bonds. The van der Waals surface area contributed by atoms with Crippen molar-refractivity contribution in [2.24, 2.45) is 0 Å². The second-order valence-corrected chi connectivity index (χ2v) is 6.38. The number of ether oxygens (including phenoxy) is 1. The van der Waals surface area contributed by atoms with Gasteiger partial charge in [0.05, 0.1) is 0 Å². The Morgan fingerprint density at radius 3 is 2.55 bits per heavy atom. The van der Waals surface area contributed by atoms with Gasteiger partial charge in [-0.2, -0.15) is 0 Å². The molecular formula is C23H24N2O4. The first-order chi connectivity index (χ1) is 14.1. The molecule has 1 aromatic heterocycles. The molecule has 3 aromatic rings. The molecule has 6 heteroatoms. The summed E-state index contributed by atoms with van der Waals surface area (Å²) in [5.41, 5.74) is 2.37. The van der Waals surface area contributed by atoms with Crippen molar-refractivity contribution in [1.29, 1.82) is 0 Å². The van der Waals surface area contributed by atoms with Crippen LogP contribution in [0.2, 0.25) is 0 Å². The third-order valence-electron chi connectivity index (χ3n) is 4.30. The number of carbonyl (C=O) groups excluding carboxylic acids is 2. The molecule has 6 nitrogen and oxygen atoms in total. The molecule has 29 heavy (non-hydrogen) atoms. The molecule has 0 saturated heterocycles. The summed E-state index contributed by atoms with van der Waals surface area (Å²) in [5, 5.41) is 6.46. The highest BCUT2D eigenvalue weighted by atomic mass is 16.5. The molecule has 2 aromatic carbocycles. The van der Waals surface area contributed by atoms with Crippen LogP contribution in [0.3, 0.4) is 0 Å². The van der Waals surface area contributed by atoms with E-state index in [1.807, 2.05) is 38.1 Å². The maximum atomic E-state index is 12.3. The predicted molar refractivity (Wildman–Crippen MR) is 114 cm³/mol. The number of benzene rings is 2. The lowest BCUT2D eigenvalue weighted by Gasteiger charge is -2.07. The fourth-order valence-corrected chi connectivity index (χ4v) is 2.94. The summed E-state index contributed by atoms with van der Waals surface area (Å²) in [6.07, 6.45) is 4.02. The van der Waals surface area contributed by atoms with E-state index in [9.17, 15) is 9.59 Å². The summed E-state index contributed by atoms with van der Waals surface area (Å²) < 4.78 is 11.2.